The minimum Gasteiger partial charge on any atom is -0.503 e. The number of aliphatic hydroxyl groups is 1. The van der Waals surface area contributed by atoms with E-state index in [2.05, 4.69) is 0 Å². The number of benzene rings is 1. The van der Waals surface area contributed by atoms with E-state index in [-0.39, 0.29) is 11.3 Å². The summed E-state index contributed by atoms with van der Waals surface area (Å²) in [7, 11) is 0. The molecule has 130 valence electrons. The van der Waals surface area contributed by atoms with Crippen molar-refractivity contribution in [2.24, 2.45) is 0 Å². The van der Waals surface area contributed by atoms with Crippen molar-refractivity contribution in [2.75, 3.05) is 4.90 Å². The van der Waals surface area contributed by atoms with Crippen LogP contribution in [0.25, 0.3) is 0 Å². The molecule has 1 N–H and O–H groups in total. The maximum atomic E-state index is 12.9. The Labute approximate surface area is 153 Å². The standard InChI is InChI=1S/C20H15NO4S/c1-12-6-2-3-7-13(12)21-17(15-9-5-11-26-15)16(19(23)20(21)24)18(22)14-8-4-10-25-14/h2-11,17,23H,1H3. The number of hydrogen-bond donors (Lipinski definition) is 1. The highest BCUT2D eigenvalue weighted by Gasteiger charge is 2.46. The second-order valence-corrected chi connectivity index (χ2v) is 6.93. The Morgan fingerprint density at radius 2 is 1.96 bits per heavy atom. The highest BCUT2D eigenvalue weighted by Crippen LogP contribution is 2.44. The summed E-state index contributed by atoms with van der Waals surface area (Å²) in [5.74, 6) is -1.52. The van der Waals surface area contributed by atoms with Crippen LogP contribution in [0.5, 0.6) is 0 Å². The molecule has 0 saturated heterocycles. The molecule has 0 aliphatic carbocycles. The molecule has 3 aromatic rings. The lowest BCUT2D eigenvalue weighted by atomic mass is 10.00. The first-order chi connectivity index (χ1) is 12.6. The van der Waals surface area contributed by atoms with Gasteiger partial charge in [-0.2, -0.15) is 0 Å². The molecule has 4 rings (SSSR count). The van der Waals surface area contributed by atoms with Crippen LogP contribution >= 0.6 is 11.3 Å². The number of carbonyl (C=O) groups excluding carboxylic acids is 2. The zero-order valence-corrected chi connectivity index (χ0v) is 14.7. The van der Waals surface area contributed by atoms with Crippen LogP contribution in [0.15, 0.2) is 75.9 Å². The number of amides is 1. The fraction of sp³-hybridized carbons (Fsp3) is 0.100. The van der Waals surface area contributed by atoms with Gasteiger partial charge in [0.1, 0.15) is 6.04 Å². The number of furan rings is 1. The summed E-state index contributed by atoms with van der Waals surface area (Å²) in [6.45, 7) is 1.89. The van der Waals surface area contributed by atoms with Crippen molar-refractivity contribution in [1.82, 2.24) is 0 Å². The van der Waals surface area contributed by atoms with Gasteiger partial charge in [-0.25, -0.2) is 0 Å². The van der Waals surface area contributed by atoms with E-state index in [0.717, 1.165) is 10.4 Å². The summed E-state index contributed by atoms with van der Waals surface area (Å²) in [6, 6.07) is 13.5. The smallest absolute Gasteiger partial charge is 0.294 e. The maximum absolute atomic E-state index is 12.9. The van der Waals surface area contributed by atoms with E-state index in [1.807, 2.05) is 42.6 Å². The summed E-state index contributed by atoms with van der Waals surface area (Å²) in [5.41, 5.74) is 1.57. The molecule has 0 spiro atoms. The van der Waals surface area contributed by atoms with Crippen LogP contribution in [-0.4, -0.2) is 16.8 Å². The monoisotopic (exact) mass is 365 g/mol. The zero-order valence-electron chi connectivity index (χ0n) is 13.9. The molecule has 1 unspecified atom stereocenters. The highest BCUT2D eigenvalue weighted by atomic mass is 32.1. The van der Waals surface area contributed by atoms with Crippen molar-refractivity contribution in [3.8, 4) is 0 Å². The molecular formula is C20H15NO4S. The van der Waals surface area contributed by atoms with Gasteiger partial charge in [0.25, 0.3) is 5.91 Å². The van der Waals surface area contributed by atoms with Crippen molar-refractivity contribution in [2.45, 2.75) is 13.0 Å². The molecule has 1 aliphatic rings. The summed E-state index contributed by atoms with van der Waals surface area (Å²) in [4.78, 5) is 28.1. The predicted molar refractivity (Wildman–Crippen MR) is 98.4 cm³/mol. The van der Waals surface area contributed by atoms with Crippen molar-refractivity contribution in [1.29, 1.82) is 0 Å². The Balaban J connectivity index is 1.89. The van der Waals surface area contributed by atoms with Crippen molar-refractivity contribution in [3.05, 3.63) is 87.7 Å². The summed E-state index contributed by atoms with van der Waals surface area (Å²) < 4.78 is 5.20. The van der Waals surface area contributed by atoms with Gasteiger partial charge in [0.2, 0.25) is 5.78 Å². The fourth-order valence-electron chi connectivity index (χ4n) is 3.18. The molecule has 1 aromatic carbocycles. The van der Waals surface area contributed by atoms with Gasteiger partial charge < -0.3 is 9.52 Å². The molecule has 26 heavy (non-hydrogen) atoms. The van der Waals surface area contributed by atoms with Crippen LogP contribution in [0.4, 0.5) is 5.69 Å². The number of aryl methyl sites for hydroxylation is 1. The lowest BCUT2D eigenvalue weighted by Gasteiger charge is -2.26. The SMILES string of the molecule is Cc1ccccc1N1C(=O)C(O)=C(C(=O)c2ccco2)C1c1cccs1. The van der Waals surface area contributed by atoms with E-state index in [1.54, 1.807) is 12.1 Å². The molecule has 1 aliphatic heterocycles. The number of ketones is 1. The molecule has 5 nitrogen and oxygen atoms in total. The number of anilines is 1. The molecular weight excluding hydrogens is 350 g/mol. The average Bonchev–Trinajstić information content (AvgIpc) is 3.38. The van der Waals surface area contributed by atoms with Gasteiger partial charge in [0.05, 0.1) is 11.8 Å². The van der Waals surface area contributed by atoms with E-state index in [1.165, 1.54) is 28.6 Å². The Kier molecular flexibility index (Phi) is 3.97. The lowest BCUT2D eigenvalue weighted by Crippen LogP contribution is -2.31. The molecule has 2 aromatic heterocycles. The molecule has 0 bridgehead atoms. The molecule has 6 heteroatoms. The quantitative estimate of drug-likeness (QED) is 0.694. The lowest BCUT2D eigenvalue weighted by molar-refractivity contribution is -0.117. The number of nitrogens with zero attached hydrogens (tertiary/aromatic N) is 1. The molecule has 1 atom stereocenters. The first-order valence-electron chi connectivity index (χ1n) is 8.03. The Hall–Kier alpha value is -3.12. The van der Waals surface area contributed by atoms with E-state index in [4.69, 9.17) is 4.42 Å². The third-order valence-electron chi connectivity index (χ3n) is 4.39. The van der Waals surface area contributed by atoms with Crippen LogP contribution in [0.3, 0.4) is 0 Å². The second-order valence-electron chi connectivity index (χ2n) is 5.95. The van der Waals surface area contributed by atoms with Gasteiger partial charge in [-0.15, -0.1) is 11.3 Å². The Morgan fingerprint density at radius 3 is 2.62 bits per heavy atom. The zero-order chi connectivity index (χ0) is 18.3. The molecule has 3 heterocycles. The average molecular weight is 365 g/mol. The number of carbonyl (C=O) groups is 2. The largest absolute Gasteiger partial charge is 0.503 e. The van der Waals surface area contributed by atoms with Crippen LogP contribution < -0.4 is 4.90 Å². The topological polar surface area (TPSA) is 70.8 Å². The Bertz CT molecular complexity index is 1000. The molecule has 0 fully saturated rings. The van der Waals surface area contributed by atoms with Gasteiger partial charge in [0.15, 0.2) is 11.5 Å². The van der Waals surface area contributed by atoms with E-state index in [0.29, 0.717) is 5.69 Å². The third-order valence-corrected chi connectivity index (χ3v) is 5.31. The number of hydrogen-bond acceptors (Lipinski definition) is 5. The van der Waals surface area contributed by atoms with Gasteiger partial charge >= 0.3 is 0 Å². The summed E-state index contributed by atoms with van der Waals surface area (Å²) in [6.07, 6.45) is 1.39. The molecule has 0 saturated carbocycles. The van der Waals surface area contributed by atoms with Crippen LogP contribution in [0.1, 0.15) is 27.0 Å². The molecule has 1 amide bonds. The van der Waals surface area contributed by atoms with Crippen LogP contribution in [-0.2, 0) is 4.79 Å². The first kappa shape index (κ1) is 16.4. The van der Waals surface area contributed by atoms with E-state index < -0.39 is 23.5 Å². The minimum absolute atomic E-state index is 0.0376. The Morgan fingerprint density at radius 1 is 1.15 bits per heavy atom. The summed E-state index contributed by atoms with van der Waals surface area (Å²) >= 11 is 1.42. The van der Waals surface area contributed by atoms with Crippen molar-refractivity contribution >= 4 is 28.7 Å². The molecule has 0 radical (unpaired) electrons. The predicted octanol–water partition coefficient (Wildman–Crippen LogP) is 4.43. The fourth-order valence-corrected chi connectivity index (χ4v) is 4.00. The van der Waals surface area contributed by atoms with E-state index in [9.17, 15) is 14.7 Å². The highest BCUT2D eigenvalue weighted by molar-refractivity contribution is 7.10. The van der Waals surface area contributed by atoms with Gasteiger partial charge in [-0.3, -0.25) is 14.5 Å². The third kappa shape index (κ3) is 2.46. The number of Topliss-reactive ketones (excluding diaryl/α,β-unsaturated/α-hetero) is 1. The van der Waals surface area contributed by atoms with E-state index >= 15 is 0 Å². The van der Waals surface area contributed by atoms with Crippen molar-refractivity contribution < 1.29 is 19.1 Å². The normalized spacial score (nSPS) is 17.2. The number of thiophene rings is 1. The van der Waals surface area contributed by atoms with Gasteiger partial charge in [0, 0.05) is 10.6 Å². The van der Waals surface area contributed by atoms with Gasteiger partial charge in [-0.05, 0) is 42.1 Å². The number of rotatable bonds is 4. The first-order valence-corrected chi connectivity index (χ1v) is 8.91. The number of aliphatic hydroxyl groups excluding tert-OH is 1. The van der Waals surface area contributed by atoms with Crippen LogP contribution in [0, 0.1) is 6.92 Å². The summed E-state index contributed by atoms with van der Waals surface area (Å²) in [5, 5.41) is 12.4. The minimum atomic E-state index is -0.693. The second kappa shape index (κ2) is 6.31. The maximum Gasteiger partial charge on any atom is 0.294 e. The van der Waals surface area contributed by atoms with Gasteiger partial charge in [-0.1, -0.05) is 24.3 Å². The van der Waals surface area contributed by atoms with Crippen LogP contribution in [0.2, 0.25) is 0 Å². The van der Waals surface area contributed by atoms with Crippen molar-refractivity contribution in [3.63, 3.8) is 0 Å². The number of para-hydroxylation sites is 1.